The van der Waals surface area contributed by atoms with Crippen LogP contribution in [0.15, 0.2) is 206 Å². The van der Waals surface area contributed by atoms with Gasteiger partial charge in [-0.05, 0) is 126 Å². The molecular weight excluding hydrogens is 807 g/mol. The summed E-state index contributed by atoms with van der Waals surface area (Å²) in [6.07, 6.45) is 1.72. The van der Waals surface area contributed by atoms with Gasteiger partial charge in [0.05, 0.1) is 22.1 Å². The van der Waals surface area contributed by atoms with E-state index in [1.165, 1.54) is 60.3 Å². The zero-order valence-corrected chi connectivity index (χ0v) is 36.2. The van der Waals surface area contributed by atoms with Gasteiger partial charge in [0, 0.05) is 49.6 Å². The lowest BCUT2D eigenvalue weighted by Crippen LogP contribution is -2.08. The average molecular weight is 848 g/mol. The van der Waals surface area contributed by atoms with E-state index in [4.69, 9.17) is 19.7 Å². The van der Waals surface area contributed by atoms with Crippen molar-refractivity contribution in [2.75, 3.05) is 0 Å². The Kier molecular flexibility index (Phi) is 8.78. The van der Waals surface area contributed by atoms with Crippen LogP contribution in [0.2, 0.25) is 0 Å². The minimum atomic E-state index is 0.635. The van der Waals surface area contributed by atoms with Crippen molar-refractivity contribution in [1.82, 2.24) is 24.1 Å². The molecule has 66 heavy (non-hydrogen) atoms. The van der Waals surface area contributed by atoms with Gasteiger partial charge in [-0.25, -0.2) is 15.0 Å². The molecular formula is C60H41N5O. The minimum Gasteiger partial charge on any atom is -0.457 e. The third kappa shape index (κ3) is 6.37. The first-order chi connectivity index (χ1) is 32.6. The van der Waals surface area contributed by atoms with Crippen molar-refractivity contribution >= 4 is 43.6 Å². The molecule has 0 radical (unpaired) electrons. The first-order valence-electron chi connectivity index (χ1n) is 22.5. The number of aromatic nitrogens is 5. The molecule has 0 saturated carbocycles. The highest BCUT2D eigenvalue weighted by molar-refractivity contribution is 6.11. The van der Waals surface area contributed by atoms with Crippen molar-refractivity contribution in [1.29, 1.82) is 0 Å². The number of ether oxygens (including phenoxy) is 1. The Balaban J connectivity index is 0.912. The maximum absolute atomic E-state index is 6.29. The molecule has 0 spiro atoms. The molecule has 3 aromatic heterocycles. The Bertz CT molecular complexity index is 3800. The number of para-hydroxylation sites is 3. The van der Waals surface area contributed by atoms with Gasteiger partial charge in [-0.3, -0.25) is 0 Å². The molecule has 0 bridgehead atoms. The highest BCUT2D eigenvalue weighted by Crippen LogP contribution is 2.41. The van der Waals surface area contributed by atoms with E-state index in [-0.39, 0.29) is 0 Å². The van der Waals surface area contributed by atoms with Gasteiger partial charge in [0.2, 0.25) is 0 Å². The summed E-state index contributed by atoms with van der Waals surface area (Å²) in [6.45, 7) is 2.13. The second-order valence-electron chi connectivity index (χ2n) is 17.3. The summed E-state index contributed by atoms with van der Waals surface area (Å²) in [5, 5.41) is 5.00. The van der Waals surface area contributed by atoms with E-state index in [1.54, 1.807) is 0 Å². The topological polar surface area (TPSA) is 57.8 Å². The van der Waals surface area contributed by atoms with Gasteiger partial charge in [-0.2, -0.15) is 0 Å². The maximum Gasteiger partial charge on any atom is 0.164 e. The number of hydrogen-bond acceptors (Lipinski definition) is 4. The summed E-state index contributed by atoms with van der Waals surface area (Å²) in [5.41, 5.74) is 16.3. The smallest absolute Gasteiger partial charge is 0.164 e. The molecule has 6 heteroatoms. The van der Waals surface area contributed by atoms with Gasteiger partial charge < -0.3 is 13.9 Å². The molecule has 12 aromatic rings. The normalized spacial score (nSPS) is 12.2. The lowest BCUT2D eigenvalue weighted by molar-refractivity contribution is 0.479. The van der Waals surface area contributed by atoms with Gasteiger partial charge in [0.25, 0.3) is 0 Å². The van der Waals surface area contributed by atoms with Gasteiger partial charge in [0.15, 0.2) is 17.5 Å². The molecule has 1 aliphatic rings. The van der Waals surface area contributed by atoms with Gasteiger partial charge in [-0.1, -0.05) is 127 Å². The molecule has 0 fully saturated rings. The molecule has 0 aliphatic heterocycles. The van der Waals surface area contributed by atoms with Gasteiger partial charge >= 0.3 is 0 Å². The zero-order valence-electron chi connectivity index (χ0n) is 36.2. The molecule has 0 atom stereocenters. The Morgan fingerprint density at radius 1 is 0.364 bits per heavy atom. The summed E-state index contributed by atoms with van der Waals surface area (Å²) in [6, 6.07) is 72.8. The number of rotatable bonds is 7. The summed E-state index contributed by atoms with van der Waals surface area (Å²) in [5.74, 6) is 3.62. The van der Waals surface area contributed by atoms with E-state index in [2.05, 4.69) is 131 Å². The number of aryl methyl sites for hydroxylation is 1. The van der Waals surface area contributed by atoms with E-state index in [0.717, 1.165) is 63.5 Å². The van der Waals surface area contributed by atoms with E-state index in [9.17, 15) is 0 Å². The molecule has 1 aliphatic carbocycles. The SMILES string of the molecule is Cc1cc(-n2c3ccccc3c3cc4c(cc32)Cc2cc3c5ccccc5n(-c5cccc(-c6nc(-c7ccccc7)nc(-c7ccccc7)n6)c5)c3cc2C4)ccc1Oc1ccccc1. The molecule has 13 rings (SSSR count). The third-order valence-electron chi connectivity index (χ3n) is 13.2. The summed E-state index contributed by atoms with van der Waals surface area (Å²) < 4.78 is 11.1. The Morgan fingerprint density at radius 2 is 0.818 bits per heavy atom. The molecule has 0 unspecified atom stereocenters. The van der Waals surface area contributed by atoms with Crippen LogP contribution < -0.4 is 4.74 Å². The van der Waals surface area contributed by atoms with E-state index in [0.29, 0.717) is 17.5 Å². The Morgan fingerprint density at radius 3 is 1.36 bits per heavy atom. The highest BCUT2D eigenvalue weighted by atomic mass is 16.5. The van der Waals surface area contributed by atoms with Crippen LogP contribution in [0.5, 0.6) is 11.5 Å². The Labute approximate surface area is 381 Å². The van der Waals surface area contributed by atoms with Crippen LogP contribution in [0.3, 0.4) is 0 Å². The molecule has 0 amide bonds. The van der Waals surface area contributed by atoms with E-state index in [1.807, 2.05) is 91.0 Å². The fourth-order valence-corrected chi connectivity index (χ4v) is 10.1. The minimum absolute atomic E-state index is 0.635. The van der Waals surface area contributed by atoms with Crippen LogP contribution in [0.4, 0.5) is 0 Å². The van der Waals surface area contributed by atoms with Crippen molar-refractivity contribution in [3.05, 3.63) is 234 Å². The second kappa shape index (κ2) is 15.3. The summed E-state index contributed by atoms with van der Waals surface area (Å²) >= 11 is 0. The fourth-order valence-electron chi connectivity index (χ4n) is 10.1. The number of fused-ring (bicyclic) bond motifs is 8. The van der Waals surface area contributed by atoms with Crippen LogP contribution in [-0.4, -0.2) is 24.1 Å². The molecule has 6 nitrogen and oxygen atoms in total. The lowest BCUT2D eigenvalue weighted by Gasteiger charge is -2.21. The zero-order chi connectivity index (χ0) is 43.7. The van der Waals surface area contributed by atoms with Gasteiger partial charge in [0.1, 0.15) is 11.5 Å². The van der Waals surface area contributed by atoms with Crippen LogP contribution in [0, 0.1) is 6.92 Å². The molecule has 0 saturated heterocycles. The molecule has 9 aromatic carbocycles. The van der Waals surface area contributed by atoms with Gasteiger partial charge in [-0.15, -0.1) is 0 Å². The van der Waals surface area contributed by atoms with Crippen molar-refractivity contribution in [3.63, 3.8) is 0 Å². The molecule has 0 N–H and O–H groups in total. The number of hydrogen-bond donors (Lipinski definition) is 0. The summed E-state index contributed by atoms with van der Waals surface area (Å²) in [4.78, 5) is 15.1. The first kappa shape index (κ1) is 37.9. The van der Waals surface area contributed by atoms with Crippen LogP contribution in [0.1, 0.15) is 27.8 Å². The number of nitrogens with zero attached hydrogens (tertiary/aromatic N) is 5. The highest BCUT2D eigenvalue weighted by Gasteiger charge is 2.23. The average Bonchev–Trinajstić information content (AvgIpc) is 3.87. The monoisotopic (exact) mass is 847 g/mol. The fraction of sp³-hybridized carbons (Fsp3) is 0.0500. The maximum atomic E-state index is 6.29. The molecule has 312 valence electrons. The van der Waals surface area contributed by atoms with E-state index < -0.39 is 0 Å². The second-order valence-corrected chi connectivity index (χ2v) is 17.3. The van der Waals surface area contributed by atoms with Crippen molar-refractivity contribution in [2.24, 2.45) is 0 Å². The van der Waals surface area contributed by atoms with Crippen LogP contribution in [0.25, 0.3) is 89.2 Å². The van der Waals surface area contributed by atoms with Crippen molar-refractivity contribution in [3.8, 4) is 57.0 Å². The first-order valence-corrected chi connectivity index (χ1v) is 22.5. The van der Waals surface area contributed by atoms with Crippen molar-refractivity contribution < 1.29 is 4.74 Å². The lowest BCUT2D eigenvalue weighted by atomic mass is 9.84. The summed E-state index contributed by atoms with van der Waals surface area (Å²) in [7, 11) is 0. The quantitative estimate of drug-likeness (QED) is 0.160. The standard InChI is InChI=1S/C60H41N5O/c1-38-30-47(28-29-57(38)66-48-22-9-4-10-23-48)65-54-27-14-12-25-50(54)52-35-43-31-44-36-55-51(34-42(44)32-45(43)37-56(52)65)49-24-11-13-26-53(49)64(55)46-21-15-20-41(33-46)60-62-58(39-16-5-2-6-17-39)61-59(63-60)40-18-7-3-8-19-40/h2-30,33-37H,31-32H2,1H3. The van der Waals surface area contributed by atoms with Crippen molar-refractivity contribution in [2.45, 2.75) is 19.8 Å². The molecule has 3 heterocycles. The predicted molar refractivity (Wildman–Crippen MR) is 268 cm³/mol. The van der Waals surface area contributed by atoms with Crippen LogP contribution >= 0.6 is 0 Å². The number of benzene rings is 9. The largest absolute Gasteiger partial charge is 0.457 e. The van der Waals surface area contributed by atoms with E-state index >= 15 is 0 Å². The van der Waals surface area contributed by atoms with Crippen LogP contribution in [-0.2, 0) is 12.8 Å². The third-order valence-corrected chi connectivity index (χ3v) is 13.2. The Hall–Kier alpha value is -8.61. The predicted octanol–water partition coefficient (Wildman–Crippen LogP) is 14.7.